The zero-order chi connectivity index (χ0) is 38.1. The summed E-state index contributed by atoms with van der Waals surface area (Å²) in [5, 5.41) is 21.1. The Labute approximate surface area is 312 Å². The van der Waals surface area contributed by atoms with E-state index in [0.29, 0.717) is 38.5 Å². The van der Waals surface area contributed by atoms with Crippen LogP contribution in [0.2, 0.25) is 0 Å². The number of carbonyl (C=O) groups is 4. The molecule has 0 fully saturated rings. The molecule has 0 aliphatic heterocycles. The molecule has 52 heavy (non-hydrogen) atoms. The maximum atomic E-state index is 13.3. The fourth-order valence-corrected chi connectivity index (χ4v) is 6.78. The number of carbonyl (C=O) groups excluding carboxylic acids is 4. The number of amides is 4. The van der Waals surface area contributed by atoms with Crippen molar-refractivity contribution < 1.29 is 29.4 Å². The zero-order valence-electron chi connectivity index (χ0n) is 32.3. The van der Waals surface area contributed by atoms with Crippen molar-refractivity contribution in [2.24, 2.45) is 11.8 Å². The molecule has 10 nitrogen and oxygen atoms in total. The van der Waals surface area contributed by atoms with Crippen LogP contribution in [0, 0.1) is 11.8 Å². The highest BCUT2D eigenvalue weighted by Gasteiger charge is 2.25. The van der Waals surface area contributed by atoms with Gasteiger partial charge in [-0.15, -0.1) is 0 Å². The number of hydrogen-bond donors (Lipinski definition) is 6. The van der Waals surface area contributed by atoms with Crippen molar-refractivity contribution in [2.75, 3.05) is 0 Å². The van der Waals surface area contributed by atoms with Gasteiger partial charge in [0.2, 0.25) is 11.8 Å². The normalized spacial score (nSPS) is 12.2. The first-order chi connectivity index (χ1) is 25.2. The Hall–Kier alpha value is -4.08. The summed E-state index contributed by atoms with van der Waals surface area (Å²) in [6, 6.07) is 10.1. The number of hydrogen-bond acceptors (Lipinski definition) is 6. The number of aryl methyl sites for hydroxylation is 2. The highest BCUT2D eigenvalue weighted by Crippen LogP contribution is 2.25. The lowest BCUT2D eigenvalue weighted by Crippen LogP contribution is -2.46. The van der Waals surface area contributed by atoms with Crippen molar-refractivity contribution in [2.45, 2.75) is 156 Å². The number of benzene rings is 2. The lowest BCUT2D eigenvalue weighted by molar-refractivity contribution is -0.128. The van der Waals surface area contributed by atoms with E-state index in [-0.39, 0.29) is 34.4 Å². The van der Waals surface area contributed by atoms with Crippen LogP contribution in [0.1, 0.15) is 175 Å². The predicted octanol–water partition coefficient (Wildman–Crippen LogP) is 8.74. The Kier molecular flexibility index (Phi) is 21.9. The second-order valence-electron chi connectivity index (χ2n) is 14.1. The maximum Gasteiger partial charge on any atom is 0.273 e. The molecule has 0 aliphatic rings. The number of rotatable bonds is 25. The standard InChI is InChI=1S/C42H66N4O6/c1-5-9-11-13-15-17-23-31-25-19-27-35(47)37(31)41(51)45-43-39(49)33(21-7-3)29-30-34(22-8-4)40(50)44-46-42(52)38-32(26-20-28-36(38)48)24-18-16-14-12-10-6-2/h19-20,25-28,33-34,47-48H,5-18,21-24,29-30H2,1-4H3,(H,43,49)(H,44,50)(H,45,51)(H,46,52). The molecule has 0 heterocycles. The summed E-state index contributed by atoms with van der Waals surface area (Å²) in [5.74, 6) is -3.01. The van der Waals surface area contributed by atoms with E-state index in [1.54, 1.807) is 12.1 Å². The van der Waals surface area contributed by atoms with Gasteiger partial charge in [-0.1, -0.05) is 129 Å². The highest BCUT2D eigenvalue weighted by molar-refractivity contribution is 6.00. The minimum atomic E-state index is -0.568. The molecule has 2 aromatic carbocycles. The van der Waals surface area contributed by atoms with Crippen molar-refractivity contribution in [3.05, 3.63) is 58.7 Å². The topological polar surface area (TPSA) is 157 Å². The number of phenols is 2. The molecular weight excluding hydrogens is 656 g/mol. The number of hydrazine groups is 2. The molecule has 0 aromatic heterocycles. The number of phenolic OH excluding ortho intramolecular Hbond substituents is 2. The van der Waals surface area contributed by atoms with Crippen LogP contribution in [0.5, 0.6) is 11.5 Å². The first kappa shape index (κ1) is 44.1. The first-order valence-electron chi connectivity index (χ1n) is 20.0. The van der Waals surface area contributed by atoms with E-state index in [2.05, 4.69) is 35.6 Å². The summed E-state index contributed by atoms with van der Waals surface area (Å²) in [7, 11) is 0. The van der Waals surface area contributed by atoms with E-state index in [0.717, 1.165) is 62.5 Å². The largest absolute Gasteiger partial charge is 0.507 e. The van der Waals surface area contributed by atoms with Gasteiger partial charge in [-0.25, -0.2) is 0 Å². The number of unbranched alkanes of at least 4 members (excludes halogenated alkanes) is 10. The smallest absolute Gasteiger partial charge is 0.273 e. The Bertz CT molecular complexity index is 1280. The van der Waals surface area contributed by atoms with Gasteiger partial charge in [-0.3, -0.25) is 40.9 Å². The zero-order valence-corrected chi connectivity index (χ0v) is 32.3. The molecule has 2 atom stereocenters. The van der Waals surface area contributed by atoms with Gasteiger partial charge in [0.25, 0.3) is 11.8 Å². The molecular formula is C42H66N4O6. The molecule has 290 valence electrons. The van der Waals surface area contributed by atoms with E-state index in [4.69, 9.17) is 0 Å². The summed E-state index contributed by atoms with van der Waals surface area (Å²) in [5.41, 5.74) is 12.0. The van der Waals surface area contributed by atoms with E-state index in [1.165, 1.54) is 50.7 Å². The lowest BCUT2D eigenvalue weighted by Gasteiger charge is -2.21. The monoisotopic (exact) mass is 722 g/mol. The van der Waals surface area contributed by atoms with E-state index < -0.39 is 23.7 Å². The van der Waals surface area contributed by atoms with Gasteiger partial charge in [0, 0.05) is 11.8 Å². The van der Waals surface area contributed by atoms with E-state index in [9.17, 15) is 29.4 Å². The van der Waals surface area contributed by atoms with Crippen molar-refractivity contribution in [3.63, 3.8) is 0 Å². The van der Waals surface area contributed by atoms with Crippen LogP contribution in [0.3, 0.4) is 0 Å². The van der Waals surface area contributed by atoms with Gasteiger partial charge in [0.05, 0.1) is 11.1 Å². The van der Waals surface area contributed by atoms with Gasteiger partial charge >= 0.3 is 0 Å². The molecule has 0 saturated heterocycles. The van der Waals surface area contributed by atoms with Crippen molar-refractivity contribution in [3.8, 4) is 11.5 Å². The molecule has 0 bridgehead atoms. The van der Waals surface area contributed by atoms with Crippen molar-refractivity contribution in [1.29, 1.82) is 0 Å². The maximum absolute atomic E-state index is 13.3. The summed E-state index contributed by atoms with van der Waals surface area (Å²) >= 11 is 0. The van der Waals surface area contributed by atoms with E-state index in [1.807, 2.05) is 26.0 Å². The van der Waals surface area contributed by atoms with Gasteiger partial charge < -0.3 is 10.2 Å². The van der Waals surface area contributed by atoms with Gasteiger partial charge in [-0.05, 0) is 74.6 Å². The molecule has 2 aromatic rings. The van der Waals surface area contributed by atoms with Crippen molar-refractivity contribution >= 4 is 23.6 Å². The van der Waals surface area contributed by atoms with E-state index >= 15 is 0 Å². The molecule has 0 radical (unpaired) electrons. The van der Waals surface area contributed by atoms with Gasteiger partial charge in [0.15, 0.2) is 0 Å². The van der Waals surface area contributed by atoms with Crippen molar-refractivity contribution in [1.82, 2.24) is 21.7 Å². The van der Waals surface area contributed by atoms with Crippen LogP contribution in [0.4, 0.5) is 0 Å². The van der Waals surface area contributed by atoms with Crippen LogP contribution >= 0.6 is 0 Å². The second-order valence-corrected chi connectivity index (χ2v) is 14.1. The molecule has 0 aliphatic carbocycles. The SMILES string of the molecule is CCCCCCCCc1cccc(O)c1C(=O)NNC(=O)C(CCC)CCC(CCC)C(=O)NNC(=O)c1c(O)cccc1CCCCCCCC. The average molecular weight is 723 g/mol. The number of nitrogens with one attached hydrogen (secondary N) is 4. The summed E-state index contributed by atoms with van der Waals surface area (Å²) < 4.78 is 0. The average Bonchev–Trinajstić information content (AvgIpc) is 3.13. The molecule has 0 spiro atoms. The third kappa shape index (κ3) is 15.7. The summed E-state index contributed by atoms with van der Waals surface area (Å²) in [4.78, 5) is 52.9. The van der Waals surface area contributed by atoms with Gasteiger partial charge in [0.1, 0.15) is 11.5 Å². The van der Waals surface area contributed by atoms with Crippen LogP contribution in [-0.4, -0.2) is 33.8 Å². The molecule has 2 rings (SSSR count). The third-order valence-electron chi connectivity index (χ3n) is 9.79. The fraction of sp³-hybridized carbons (Fsp3) is 0.619. The van der Waals surface area contributed by atoms with Crippen LogP contribution in [0.25, 0.3) is 0 Å². The Morgan fingerprint density at radius 2 is 0.846 bits per heavy atom. The molecule has 10 heteroatoms. The first-order valence-corrected chi connectivity index (χ1v) is 20.0. The minimum Gasteiger partial charge on any atom is -0.507 e. The summed E-state index contributed by atoms with van der Waals surface area (Å²) in [6.07, 6.45) is 18.1. The van der Waals surface area contributed by atoms with Crippen LogP contribution in [0.15, 0.2) is 36.4 Å². The predicted molar refractivity (Wildman–Crippen MR) is 208 cm³/mol. The fourth-order valence-electron chi connectivity index (χ4n) is 6.78. The number of aromatic hydroxyl groups is 2. The molecule has 0 saturated carbocycles. The molecule has 4 amide bonds. The minimum absolute atomic E-state index is 0.127. The molecule has 6 N–H and O–H groups in total. The van der Waals surface area contributed by atoms with Gasteiger partial charge in [-0.2, -0.15) is 0 Å². The quantitative estimate of drug-likeness (QED) is 0.0445. The second kappa shape index (κ2) is 25.8. The van der Waals surface area contributed by atoms with Crippen LogP contribution in [-0.2, 0) is 22.4 Å². The summed E-state index contributed by atoms with van der Waals surface area (Å²) in [6.45, 7) is 8.31. The van der Waals surface area contributed by atoms with Crippen LogP contribution < -0.4 is 21.7 Å². The Morgan fingerprint density at radius 1 is 0.481 bits per heavy atom. The molecule has 2 unspecified atom stereocenters. The third-order valence-corrected chi connectivity index (χ3v) is 9.79. The lowest BCUT2D eigenvalue weighted by atomic mass is 9.89. The highest BCUT2D eigenvalue weighted by atomic mass is 16.3. The Morgan fingerprint density at radius 3 is 1.21 bits per heavy atom. The Balaban J connectivity index is 1.96.